The molecule has 1 unspecified atom stereocenters. The van der Waals surface area contributed by atoms with Crippen molar-refractivity contribution < 1.29 is 4.79 Å². The van der Waals surface area contributed by atoms with Crippen LogP contribution in [0, 0.1) is 0 Å². The number of carbonyl (C=O) groups excluding carboxylic acids is 1. The zero-order valence-electron chi connectivity index (χ0n) is 16.7. The van der Waals surface area contributed by atoms with E-state index in [1.54, 1.807) is 12.1 Å². The normalized spacial score (nSPS) is 15.3. The molecule has 1 saturated heterocycles. The lowest BCUT2D eigenvalue weighted by Gasteiger charge is -2.33. The Hall–Kier alpha value is -1.27. The van der Waals surface area contributed by atoms with Crippen LogP contribution in [0.5, 0.6) is 0 Å². The lowest BCUT2D eigenvalue weighted by Crippen LogP contribution is -2.42. The highest BCUT2D eigenvalue weighted by atomic mass is 79.9. The molecular formula is C22H26BrCl2N3O. The molecule has 0 N–H and O–H groups in total. The minimum absolute atomic E-state index is 0.0101. The first kappa shape index (κ1) is 22.4. The largest absolute Gasteiger partial charge is 0.365 e. The van der Waals surface area contributed by atoms with E-state index in [1.807, 2.05) is 42.1 Å². The van der Waals surface area contributed by atoms with E-state index in [1.165, 1.54) is 12.8 Å². The first-order valence-electron chi connectivity index (χ1n) is 9.75. The number of halogens is 3. The summed E-state index contributed by atoms with van der Waals surface area (Å²) in [6.45, 7) is 3.30. The SMILES string of the molecule is CN(CC(=O)N(C)C(CN1CCCC1)c1ccc(Br)cc1)c1ccc(Cl)c(Cl)c1. The third-order valence-corrected chi connectivity index (χ3v) is 6.73. The van der Waals surface area contributed by atoms with E-state index >= 15 is 0 Å². The van der Waals surface area contributed by atoms with Crippen molar-refractivity contribution in [2.24, 2.45) is 0 Å². The van der Waals surface area contributed by atoms with Gasteiger partial charge in [0.1, 0.15) is 0 Å². The third-order valence-electron chi connectivity index (χ3n) is 5.46. The van der Waals surface area contributed by atoms with E-state index in [0.717, 1.165) is 35.4 Å². The number of likely N-dealkylation sites (N-methyl/N-ethyl adjacent to an activating group) is 2. The number of carbonyl (C=O) groups is 1. The number of anilines is 1. The molecule has 3 rings (SSSR count). The van der Waals surface area contributed by atoms with Crippen molar-refractivity contribution in [3.63, 3.8) is 0 Å². The van der Waals surface area contributed by atoms with Gasteiger partial charge in [-0.1, -0.05) is 51.3 Å². The molecule has 2 aromatic rings. The maximum Gasteiger partial charge on any atom is 0.242 e. The van der Waals surface area contributed by atoms with Crippen LogP contribution in [0.3, 0.4) is 0 Å². The van der Waals surface area contributed by atoms with Crippen LogP contribution in [0.1, 0.15) is 24.4 Å². The van der Waals surface area contributed by atoms with Crippen LogP contribution in [-0.4, -0.2) is 56.0 Å². The van der Waals surface area contributed by atoms with Crippen LogP contribution in [0.25, 0.3) is 0 Å². The van der Waals surface area contributed by atoms with E-state index in [0.29, 0.717) is 10.0 Å². The van der Waals surface area contributed by atoms with Gasteiger partial charge in [0.15, 0.2) is 0 Å². The Morgan fingerprint density at radius 3 is 2.34 bits per heavy atom. The maximum atomic E-state index is 13.1. The van der Waals surface area contributed by atoms with Crippen molar-refractivity contribution >= 4 is 50.7 Å². The van der Waals surface area contributed by atoms with Gasteiger partial charge >= 0.3 is 0 Å². The average molecular weight is 499 g/mol. The van der Waals surface area contributed by atoms with E-state index < -0.39 is 0 Å². The van der Waals surface area contributed by atoms with Gasteiger partial charge in [0.25, 0.3) is 0 Å². The molecule has 4 nitrogen and oxygen atoms in total. The Kier molecular flexibility index (Phi) is 7.85. The Bertz CT molecular complexity index is 840. The molecule has 2 aromatic carbocycles. The number of benzene rings is 2. The average Bonchev–Trinajstić information content (AvgIpc) is 3.21. The fourth-order valence-corrected chi connectivity index (χ4v) is 4.20. The summed E-state index contributed by atoms with van der Waals surface area (Å²) in [5.74, 6) is 0.0608. The van der Waals surface area contributed by atoms with Gasteiger partial charge in [-0.15, -0.1) is 0 Å². The van der Waals surface area contributed by atoms with Crippen molar-refractivity contribution in [3.8, 4) is 0 Å². The monoisotopic (exact) mass is 497 g/mol. The van der Waals surface area contributed by atoms with Gasteiger partial charge in [0, 0.05) is 30.8 Å². The summed E-state index contributed by atoms with van der Waals surface area (Å²) in [5, 5.41) is 0.992. The summed E-state index contributed by atoms with van der Waals surface area (Å²) in [7, 11) is 3.79. The van der Waals surface area contributed by atoms with E-state index in [-0.39, 0.29) is 18.5 Å². The van der Waals surface area contributed by atoms with E-state index in [9.17, 15) is 4.79 Å². The molecule has 0 spiro atoms. The molecule has 0 aliphatic carbocycles. The van der Waals surface area contributed by atoms with E-state index in [4.69, 9.17) is 23.2 Å². The first-order chi connectivity index (χ1) is 13.8. The number of rotatable bonds is 7. The highest BCUT2D eigenvalue weighted by molar-refractivity contribution is 9.10. The summed E-state index contributed by atoms with van der Waals surface area (Å²) < 4.78 is 1.04. The second-order valence-electron chi connectivity index (χ2n) is 7.53. The molecule has 0 saturated carbocycles. The van der Waals surface area contributed by atoms with Crippen LogP contribution in [0.4, 0.5) is 5.69 Å². The zero-order chi connectivity index (χ0) is 21.0. The van der Waals surface area contributed by atoms with Gasteiger partial charge in [-0.3, -0.25) is 4.79 Å². The second kappa shape index (κ2) is 10.2. The molecule has 0 aromatic heterocycles. The van der Waals surface area contributed by atoms with Crippen LogP contribution >= 0.6 is 39.1 Å². The molecule has 7 heteroatoms. The first-order valence-corrected chi connectivity index (χ1v) is 11.3. The third kappa shape index (κ3) is 5.88. The standard InChI is InChI=1S/C22H26BrCl2N3O/c1-26(18-9-10-19(24)20(25)13-18)15-22(29)27(2)21(14-28-11-3-4-12-28)16-5-7-17(23)8-6-16/h5-10,13,21H,3-4,11-12,14-15H2,1-2H3. The Morgan fingerprint density at radius 2 is 1.72 bits per heavy atom. The minimum atomic E-state index is 0.0101. The number of likely N-dealkylation sites (tertiary alicyclic amines) is 1. The topological polar surface area (TPSA) is 26.8 Å². The molecule has 1 aliphatic rings. The molecule has 1 fully saturated rings. The predicted molar refractivity (Wildman–Crippen MR) is 125 cm³/mol. The van der Waals surface area contributed by atoms with Gasteiger partial charge < -0.3 is 14.7 Å². The Balaban J connectivity index is 1.74. The van der Waals surface area contributed by atoms with Crippen LogP contribution in [0.15, 0.2) is 46.9 Å². The summed E-state index contributed by atoms with van der Waals surface area (Å²) in [4.78, 5) is 19.3. The van der Waals surface area contributed by atoms with Crippen LogP contribution < -0.4 is 4.90 Å². The molecule has 1 heterocycles. The van der Waals surface area contributed by atoms with Gasteiger partial charge in [0.05, 0.1) is 22.6 Å². The van der Waals surface area contributed by atoms with Gasteiger partial charge in [-0.05, 0) is 61.8 Å². The predicted octanol–water partition coefficient (Wildman–Crippen LogP) is 5.49. The van der Waals surface area contributed by atoms with Gasteiger partial charge in [-0.2, -0.15) is 0 Å². The Morgan fingerprint density at radius 1 is 1.07 bits per heavy atom. The fourth-order valence-electron chi connectivity index (χ4n) is 3.65. The smallest absolute Gasteiger partial charge is 0.242 e. The van der Waals surface area contributed by atoms with Crippen molar-refractivity contribution in [1.29, 1.82) is 0 Å². The summed E-state index contributed by atoms with van der Waals surface area (Å²) in [6, 6.07) is 13.7. The molecule has 1 aliphatic heterocycles. The molecule has 156 valence electrons. The summed E-state index contributed by atoms with van der Waals surface area (Å²) >= 11 is 15.6. The highest BCUT2D eigenvalue weighted by Crippen LogP contribution is 2.28. The summed E-state index contributed by atoms with van der Waals surface area (Å²) in [6.07, 6.45) is 2.45. The van der Waals surface area contributed by atoms with E-state index in [2.05, 4.69) is 33.0 Å². The molecule has 29 heavy (non-hydrogen) atoms. The molecular weight excluding hydrogens is 473 g/mol. The molecule has 1 atom stereocenters. The number of hydrogen-bond acceptors (Lipinski definition) is 3. The number of hydrogen-bond donors (Lipinski definition) is 0. The van der Waals surface area contributed by atoms with Crippen LogP contribution in [0.2, 0.25) is 10.0 Å². The van der Waals surface area contributed by atoms with Gasteiger partial charge in [-0.25, -0.2) is 0 Å². The van der Waals surface area contributed by atoms with Crippen LogP contribution in [-0.2, 0) is 4.79 Å². The summed E-state index contributed by atoms with van der Waals surface area (Å²) in [5.41, 5.74) is 2.01. The zero-order valence-corrected chi connectivity index (χ0v) is 19.8. The Labute approximate surface area is 191 Å². The van der Waals surface area contributed by atoms with Crippen molar-refractivity contribution in [2.75, 3.05) is 45.2 Å². The number of nitrogens with zero attached hydrogens (tertiary/aromatic N) is 3. The van der Waals surface area contributed by atoms with Crippen molar-refractivity contribution in [3.05, 3.63) is 62.5 Å². The fraction of sp³-hybridized carbons (Fsp3) is 0.409. The van der Waals surface area contributed by atoms with Crippen molar-refractivity contribution in [1.82, 2.24) is 9.80 Å². The molecule has 1 amide bonds. The minimum Gasteiger partial charge on any atom is -0.365 e. The number of amides is 1. The van der Waals surface area contributed by atoms with Crippen molar-refractivity contribution in [2.45, 2.75) is 18.9 Å². The lowest BCUT2D eigenvalue weighted by atomic mass is 10.0. The quantitative estimate of drug-likeness (QED) is 0.505. The lowest BCUT2D eigenvalue weighted by molar-refractivity contribution is -0.131. The van der Waals surface area contributed by atoms with Gasteiger partial charge in [0.2, 0.25) is 5.91 Å². The molecule has 0 bridgehead atoms. The second-order valence-corrected chi connectivity index (χ2v) is 9.26. The molecule has 0 radical (unpaired) electrons. The maximum absolute atomic E-state index is 13.1. The highest BCUT2D eigenvalue weighted by Gasteiger charge is 2.26.